The molecule has 0 aromatic heterocycles. The van der Waals surface area contributed by atoms with E-state index in [4.69, 9.17) is 18.9 Å². The predicted octanol–water partition coefficient (Wildman–Crippen LogP) is 3.31. The van der Waals surface area contributed by atoms with Gasteiger partial charge in [-0.25, -0.2) is 14.4 Å². The Hall–Kier alpha value is -3.61. The number of fused-ring (bicyclic) bond motifs is 2. The van der Waals surface area contributed by atoms with E-state index >= 15 is 0 Å². The van der Waals surface area contributed by atoms with Crippen LogP contribution in [0.5, 0.6) is 5.75 Å². The predicted molar refractivity (Wildman–Crippen MR) is 115 cm³/mol. The van der Waals surface area contributed by atoms with Crippen LogP contribution in [0.4, 0.5) is 0 Å². The quantitative estimate of drug-likeness (QED) is 0.310. The molecule has 0 N–H and O–H groups in total. The Morgan fingerprint density at radius 2 is 1.97 bits per heavy atom. The fraction of sp³-hybridized carbons (Fsp3) is 0.320. The summed E-state index contributed by atoms with van der Waals surface area (Å²) in [6.45, 7) is 5.72. The molecule has 1 saturated heterocycles. The molecular formula is C25H24O7. The minimum Gasteiger partial charge on any atom is -0.497 e. The number of hydrogen-bond donors (Lipinski definition) is 0. The first-order valence-corrected chi connectivity index (χ1v) is 10.4. The summed E-state index contributed by atoms with van der Waals surface area (Å²) in [5.74, 6) is -1.46. The lowest BCUT2D eigenvalue weighted by Gasteiger charge is -2.25. The maximum absolute atomic E-state index is 12.7. The fourth-order valence-corrected chi connectivity index (χ4v) is 4.19. The van der Waals surface area contributed by atoms with Gasteiger partial charge in [-0.15, -0.1) is 0 Å². The van der Waals surface area contributed by atoms with Crippen LogP contribution in [-0.2, 0) is 28.6 Å². The van der Waals surface area contributed by atoms with E-state index < -0.39 is 36.0 Å². The van der Waals surface area contributed by atoms with E-state index in [0.29, 0.717) is 17.7 Å². The highest BCUT2D eigenvalue weighted by Gasteiger charge is 2.46. The van der Waals surface area contributed by atoms with E-state index in [1.807, 2.05) is 25.1 Å². The van der Waals surface area contributed by atoms with Crippen LogP contribution < -0.4 is 4.74 Å². The van der Waals surface area contributed by atoms with Crippen molar-refractivity contribution >= 4 is 24.0 Å². The molecule has 1 aliphatic carbocycles. The lowest BCUT2D eigenvalue weighted by molar-refractivity contribution is -0.145. The highest BCUT2D eigenvalue weighted by molar-refractivity contribution is 5.93. The standard InChI is InChI=1S/C25H24O7/c1-14-9-19-12-17(25(28)30-19)13-21-23(15(2)24(27)32-21)20(10-14)31-22(26)8-7-16-5-4-6-18(11-16)29-3/h4-8,10-12,19-21,23H,2,9,13H2,1,3H3/b8-7+,14-10+/t19-,20?,21?,23+/m1/s1. The largest absolute Gasteiger partial charge is 0.497 e. The average Bonchev–Trinajstić information content (AvgIpc) is 3.23. The lowest BCUT2D eigenvalue weighted by atomic mass is 9.85. The van der Waals surface area contributed by atoms with Gasteiger partial charge in [-0.2, -0.15) is 0 Å². The van der Waals surface area contributed by atoms with Crippen molar-refractivity contribution in [2.75, 3.05) is 7.11 Å². The van der Waals surface area contributed by atoms with Crippen molar-refractivity contribution in [3.8, 4) is 5.75 Å². The second kappa shape index (κ2) is 8.86. The maximum atomic E-state index is 12.7. The zero-order valence-corrected chi connectivity index (χ0v) is 17.9. The number of carbonyl (C=O) groups excluding carboxylic acids is 3. The molecule has 1 fully saturated rings. The molecule has 3 aliphatic rings. The summed E-state index contributed by atoms with van der Waals surface area (Å²) in [6.07, 6.45) is 5.35. The van der Waals surface area contributed by atoms with Crippen LogP contribution in [0.1, 0.15) is 25.3 Å². The van der Waals surface area contributed by atoms with Gasteiger partial charge in [0.25, 0.3) is 0 Å². The van der Waals surface area contributed by atoms with Crippen molar-refractivity contribution in [1.29, 1.82) is 0 Å². The Bertz CT molecular complexity index is 1060. The summed E-state index contributed by atoms with van der Waals surface area (Å²) in [6, 6.07) is 7.25. The van der Waals surface area contributed by atoms with Gasteiger partial charge in [0.2, 0.25) is 0 Å². The van der Waals surface area contributed by atoms with E-state index in [0.717, 1.165) is 11.1 Å². The third-order valence-electron chi connectivity index (χ3n) is 5.74. The Morgan fingerprint density at radius 1 is 1.16 bits per heavy atom. The number of benzene rings is 1. The van der Waals surface area contributed by atoms with Gasteiger partial charge in [-0.1, -0.05) is 24.3 Å². The number of esters is 3. The Labute approximate surface area is 186 Å². The molecule has 4 atom stereocenters. The molecule has 2 unspecified atom stereocenters. The van der Waals surface area contributed by atoms with Gasteiger partial charge in [-0.3, -0.25) is 0 Å². The van der Waals surface area contributed by atoms with Gasteiger partial charge in [0.1, 0.15) is 24.1 Å². The number of carbonyl (C=O) groups is 3. The topological polar surface area (TPSA) is 88.1 Å². The van der Waals surface area contributed by atoms with E-state index in [1.165, 1.54) is 6.08 Å². The van der Waals surface area contributed by atoms with Crippen molar-refractivity contribution in [2.24, 2.45) is 5.92 Å². The molecule has 32 heavy (non-hydrogen) atoms. The van der Waals surface area contributed by atoms with Crippen molar-refractivity contribution in [1.82, 2.24) is 0 Å². The molecule has 2 aliphatic heterocycles. The molecule has 166 valence electrons. The fourth-order valence-electron chi connectivity index (χ4n) is 4.19. The number of methoxy groups -OCH3 is 1. The summed E-state index contributed by atoms with van der Waals surface area (Å²) in [5, 5.41) is 0. The van der Waals surface area contributed by atoms with Crippen molar-refractivity contribution in [2.45, 2.75) is 38.1 Å². The maximum Gasteiger partial charge on any atom is 0.334 e. The molecule has 2 bridgehead atoms. The molecule has 2 heterocycles. The molecule has 7 heteroatoms. The molecule has 0 spiro atoms. The number of hydrogen-bond acceptors (Lipinski definition) is 7. The van der Waals surface area contributed by atoms with Gasteiger partial charge in [0.05, 0.1) is 13.0 Å². The SMILES string of the molecule is C=C1C(=O)OC2CC3=C[C@@H](C/C(C)=C/C(OC(=O)/C=C/c4cccc(OC)c4)[C@H]12)OC3=O. The van der Waals surface area contributed by atoms with E-state index in [1.54, 1.807) is 31.4 Å². The second-order valence-corrected chi connectivity index (χ2v) is 8.06. The van der Waals surface area contributed by atoms with E-state index in [-0.39, 0.29) is 18.1 Å². The first kappa shape index (κ1) is 21.6. The van der Waals surface area contributed by atoms with Gasteiger partial charge < -0.3 is 18.9 Å². The minimum absolute atomic E-state index is 0.186. The molecule has 4 rings (SSSR count). The van der Waals surface area contributed by atoms with Crippen molar-refractivity contribution < 1.29 is 33.3 Å². The highest BCUT2D eigenvalue weighted by Crippen LogP contribution is 2.38. The van der Waals surface area contributed by atoms with Crippen molar-refractivity contribution in [3.05, 3.63) is 71.4 Å². The smallest absolute Gasteiger partial charge is 0.334 e. The molecule has 1 aromatic rings. The molecule has 0 radical (unpaired) electrons. The Kier molecular flexibility index (Phi) is 5.99. The summed E-state index contributed by atoms with van der Waals surface area (Å²) in [7, 11) is 1.57. The summed E-state index contributed by atoms with van der Waals surface area (Å²) in [4.78, 5) is 37.1. The molecule has 0 amide bonds. The zero-order valence-electron chi connectivity index (χ0n) is 17.9. The van der Waals surface area contributed by atoms with Crippen LogP contribution in [0.3, 0.4) is 0 Å². The molecule has 7 nitrogen and oxygen atoms in total. The van der Waals surface area contributed by atoms with Crippen LogP contribution in [0.25, 0.3) is 6.08 Å². The Morgan fingerprint density at radius 3 is 2.75 bits per heavy atom. The zero-order chi connectivity index (χ0) is 22.8. The van der Waals surface area contributed by atoms with Crippen LogP contribution in [0, 0.1) is 5.92 Å². The highest BCUT2D eigenvalue weighted by atomic mass is 16.6. The summed E-state index contributed by atoms with van der Waals surface area (Å²) >= 11 is 0. The normalized spacial score (nSPS) is 28.9. The summed E-state index contributed by atoms with van der Waals surface area (Å²) < 4.78 is 21.8. The van der Waals surface area contributed by atoms with Crippen molar-refractivity contribution in [3.63, 3.8) is 0 Å². The monoisotopic (exact) mass is 436 g/mol. The average molecular weight is 436 g/mol. The summed E-state index contributed by atoms with van der Waals surface area (Å²) in [5.41, 5.74) is 2.32. The molecular weight excluding hydrogens is 412 g/mol. The van der Waals surface area contributed by atoms with Crippen LogP contribution in [-0.4, -0.2) is 43.3 Å². The van der Waals surface area contributed by atoms with Gasteiger partial charge in [-0.05, 0) is 42.8 Å². The first-order valence-electron chi connectivity index (χ1n) is 10.4. The molecule has 1 aromatic carbocycles. The van der Waals surface area contributed by atoms with Crippen LogP contribution in [0.15, 0.2) is 65.8 Å². The second-order valence-electron chi connectivity index (χ2n) is 8.06. The van der Waals surface area contributed by atoms with Gasteiger partial charge in [0, 0.05) is 30.1 Å². The Balaban J connectivity index is 1.58. The van der Waals surface area contributed by atoms with Crippen LogP contribution >= 0.6 is 0 Å². The lowest BCUT2D eigenvalue weighted by Crippen LogP contribution is -2.32. The first-order chi connectivity index (χ1) is 15.3. The van der Waals surface area contributed by atoms with Crippen LogP contribution in [0.2, 0.25) is 0 Å². The third-order valence-corrected chi connectivity index (χ3v) is 5.74. The molecule has 0 saturated carbocycles. The number of rotatable bonds is 4. The van der Waals surface area contributed by atoms with Gasteiger partial charge >= 0.3 is 17.9 Å². The van der Waals surface area contributed by atoms with E-state index in [2.05, 4.69) is 6.58 Å². The third kappa shape index (κ3) is 4.51. The minimum atomic E-state index is -0.769. The number of ether oxygens (including phenoxy) is 4. The van der Waals surface area contributed by atoms with Gasteiger partial charge in [0.15, 0.2) is 0 Å². The van der Waals surface area contributed by atoms with E-state index in [9.17, 15) is 14.4 Å².